The minimum absolute atomic E-state index is 0. The van der Waals surface area contributed by atoms with Crippen molar-refractivity contribution in [2.45, 2.75) is 64.3 Å². The van der Waals surface area contributed by atoms with Crippen LogP contribution in [0.4, 0.5) is 0 Å². The van der Waals surface area contributed by atoms with Crippen LogP contribution in [0.15, 0.2) is 0 Å². The number of halogens is 1. The van der Waals surface area contributed by atoms with E-state index in [4.69, 9.17) is 5.73 Å². The van der Waals surface area contributed by atoms with Gasteiger partial charge in [-0.1, -0.05) is 39.5 Å². The molecule has 1 aliphatic rings. The number of carbonyl (C=O) groups excluding carboxylic acids is 1. The first-order valence-corrected chi connectivity index (χ1v) is 6.62. The van der Waals surface area contributed by atoms with Gasteiger partial charge in [0.05, 0.1) is 5.54 Å². The first-order chi connectivity index (χ1) is 7.54. The minimum atomic E-state index is -0.502. The van der Waals surface area contributed by atoms with Crippen LogP contribution in [-0.4, -0.2) is 18.0 Å². The predicted octanol–water partition coefficient (Wildman–Crippen LogP) is 2.62. The molecule has 0 saturated heterocycles. The summed E-state index contributed by atoms with van der Waals surface area (Å²) in [4.78, 5) is 11.5. The van der Waals surface area contributed by atoms with Crippen molar-refractivity contribution in [3.63, 3.8) is 0 Å². The maximum Gasteiger partial charge on any atom is 0.240 e. The fourth-order valence-corrected chi connectivity index (χ4v) is 1.77. The van der Waals surface area contributed by atoms with Crippen LogP contribution in [0.2, 0.25) is 0 Å². The zero-order chi connectivity index (χ0) is 12.0. The second kappa shape index (κ2) is 7.93. The number of carbonyl (C=O) groups is 1. The molecular weight excluding hydrogens is 236 g/mol. The highest BCUT2D eigenvalue weighted by molar-refractivity contribution is 5.88. The van der Waals surface area contributed by atoms with Crippen molar-refractivity contribution in [3.05, 3.63) is 0 Å². The maximum absolute atomic E-state index is 11.5. The molecule has 0 spiro atoms. The molecule has 1 rings (SSSR count). The Morgan fingerprint density at radius 2 is 1.82 bits per heavy atom. The third-order valence-electron chi connectivity index (χ3n) is 3.23. The zero-order valence-electron chi connectivity index (χ0n) is 11.1. The number of nitrogens with two attached hydrogens (primary N) is 1. The molecule has 0 aromatic rings. The SMILES string of the molecule is CC(C)CCCCCCNC(=O)C1(N)CC1.Cl. The van der Waals surface area contributed by atoms with E-state index in [-0.39, 0.29) is 18.3 Å². The van der Waals surface area contributed by atoms with E-state index in [0.717, 1.165) is 31.7 Å². The summed E-state index contributed by atoms with van der Waals surface area (Å²) in [6.07, 6.45) is 7.91. The van der Waals surface area contributed by atoms with Crippen LogP contribution in [0.25, 0.3) is 0 Å². The Bertz CT molecular complexity index is 227. The van der Waals surface area contributed by atoms with Crippen molar-refractivity contribution in [3.8, 4) is 0 Å². The first kappa shape index (κ1) is 16.7. The number of hydrogen-bond donors (Lipinski definition) is 2. The monoisotopic (exact) mass is 262 g/mol. The van der Waals surface area contributed by atoms with Crippen LogP contribution in [0.3, 0.4) is 0 Å². The summed E-state index contributed by atoms with van der Waals surface area (Å²) < 4.78 is 0. The standard InChI is InChI=1S/C13H26N2O.ClH/c1-11(2)7-5-3-4-6-10-15-12(16)13(14)8-9-13;/h11H,3-10,14H2,1-2H3,(H,15,16);1H. The zero-order valence-corrected chi connectivity index (χ0v) is 11.9. The van der Waals surface area contributed by atoms with Crippen molar-refractivity contribution >= 4 is 18.3 Å². The molecule has 1 aliphatic carbocycles. The Kier molecular flexibility index (Phi) is 7.80. The highest BCUT2D eigenvalue weighted by Gasteiger charge is 2.45. The Morgan fingerprint density at radius 3 is 2.35 bits per heavy atom. The van der Waals surface area contributed by atoms with Crippen molar-refractivity contribution in [1.82, 2.24) is 5.32 Å². The van der Waals surface area contributed by atoms with E-state index in [1.54, 1.807) is 0 Å². The van der Waals surface area contributed by atoms with Crippen LogP contribution in [0.5, 0.6) is 0 Å². The van der Waals surface area contributed by atoms with Gasteiger partial charge in [0.2, 0.25) is 5.91 Å². The fraction of sp³-hybridized carbons (Fsp3) is 0.923. The van der Waals surface area contributed by atoms with E-state index in [2.05, 4.69) is 19.2 Å². The van der Waals surface area contributed by atoms with Crippen LogP contribution in [0.1, 0.15) is 58.8 Å². The second-order valence-electron chi connectivity index (χ2n) is 5.51. The maximum atomic E-state index is 11.5. The van der Waals surface area contributed by atoms with E-state index in [1.807, 2.05) is 0 Å². The molecule has 102 valence electrons. The predicted molar refractivity (Wildman–Crippen MR) is 74.3 cm³/mol. The molecule has 0 bridgehead atoms. The van der Waals surface area contributed by atoms with E-state index in [9.17, 15) is 4.79 Å². The molecule has 0 heterocycles. The number of rotatable bonds is 8. The van der Waals surface area contributed by atoms with Gasteiger partial charge >= 0.3 is 0 Å². The third kappa shape index (κ3) is 6.89. The van der Waals surface area contributed by atoms with Gasteiger partial charge in [0.15, 0.2) is 0 Å². The smallest absolute Gasteiger partial charge is 0.240 e. The van der Waals surface area contributed by atoms with Crippen LogP contribution in [0, 0.1) is 5.92 Å². The summed E-state index contributed by atoms with van der Waals surface area (Å²) >= 11 is 0. The average Bonchev–Trinajstić information content (AvgIpc) is 2.95. The number of nitrogens with one attached hydrogen (secondary N) is 1. The summed E-state index contributed by atoms with van der Waals surface area (Å²) in [7, 11) is 0. The lowest BCUT2D eigenvalue weighted by Crippen LogP contribution is -2.42. The van der Waals surface area contributed by atoms with E-state index in [0.29, 0.717) is 0 Å². The summed E-state index contributed by atoms with van der Waals surface area (Å²) in [6.45, 7) is 5.31. The summed E-state index contributed by atoms with van der Waals surface area (Å²) in [5, 5.41) is 2.92. The molecule has 0 aromatic heterocycles. The number of amides is 1. The molecule has 17 heavy (non-hydrogen) atoms. The molecule has 1 fully saturated rings. The summed E-state index contributed by atoms with van der Waals surface area (Å²) in [5.41, 5.74) is 5.27. The average molecular weight is 263 g/mol. The summed E-state index contributed by atoms with van der Waals surface area (Å²) in [5.74, 6) is 0.862. The lowest BCUT2D eigenvalue weighted by molar-refractivity contribution is -0.123. The lowest BCUT2D eigenvalue weighted by atomic mass is 10.0. The first-order valence-electron chi connectivity index (χ1n) is 6.62. The Hall–Kier alpha value is -0.280. The minimum Gasteiger partial charge on any atom is -0.355 e. The molecule has 0 aliphatic heterocycles. The third-order valence-corrected chi connectivity index (χ3v) is 3.23. The van der Waals surface area contributed by atoms with Gasteiger partial charge in [-0.25, -0.2) is 0 Å². The number of hydrogen-bond acceptors (Lipinski definition) is 2. The quantitative estimate of drug-likeness (QED) is 0.661. The molecule has 0 aromatic carbocycles. The molecule has 0 unspecified atom stereocenters. The van der Waals surface area contributed by atoms with Crippen molar-refractivity contribution in [1.29, 1.82) is 0 Å². The van der Waals surface area contributed by atoms with Crippen molar-refractivity contribution in [2.24, 2.45) is 11.7 Å². The van der Waals surface area contributed by atoms with Gasteiger partial charge in [-0.3, -0.25) is 4.79 Å². The molecule has 1 saturated carbocycles. The normalized spacial score (nSPS) is 16.5. The fourth-order valence-electron chi connectivity index (χ4n) is 1.77. The second-order valence-corrected chi connectivity index (χ2v) is 5.51. The largest absolute Gasteiger partial charge is 0.355 e. The molecule has 0 radical (unpaired) electrons. The van der Waals surface area contributed by atoms with Gasteiger partial charge in [0.1, 0.15) is 0 Å². The molecule has 3 nitrogen and oxygen atoms in total. The highest BCUT2D eigenvalue weighted by atomic mass is 35.5. The van der Waals surface area contributed by atoms with E-state index >= 15 is 0 Å². The molecular formula is C13H27ClN2O. The molecule has 1 amide bonds. The Morgan fingerprint density at radius 1 is 1.24 bits per heavy atom. The van der Waals surface area contributed by atoms with E-state index < -0.39 is 5.54 Å². The molecule has 0 atom stereocenters. The van der Waals surface area contributed by atoms with Gasteiger partial charge < -0.3 is 11.1 Å². The summed E-state index contributed by atoms with van der Waals surface area (Å²) in [6, 6.07) is 0. The van der Waals surface area contributed by atoms with Crippen LogP contribution < -0.4 is 11.1 Å². The Balaban J connectivity index is 0.00000256. The van der Waals surface area contributed by atoms with Gasteiger partial charge in [-0.2, -0.15) is 0 Å². The molecule has 3 N–H and O–H groups in total. The van der Waals surface area contributed by atoms with E-state index in [1.165, 1.54) is 25.7 Å². The van der Waals surface area contributed by atoms with Gasteiger partial charge in [0, 0.05) is 6.54 Å². The van der Waals surface area contributed by atoms with Gasteiger partial charge in [0.25, 0.3) is 0 Å². The number of unbranched alkanes of at least 4 members (excludes halogenated alkanes) is 3. The van der Waals surface area contributed by atoms with Crippen molar-refractivity contribution < 1.29 is 4.79 Å². The topological polar surface area (TPSA) is 55.1 Å². The van der Waals surface area contributed by atoms with Crippen LogP contribution >= 0.6 is 12.4 Å². The lowest BCUT2D eigenvalue weighted by Gasteiger charge is -2.09. The van der Waals surface area contributed by atoms with Gasteiger partial charge in [-0.15, -0.1) is 12.4 Å². The highest BCUT2D eigenvalue weighted by Crippen LogP contribution is 2.31. The van der Waals surface area contributed by atoms with Crippen molar-refractivity contribution in [2.75, 3.05) is 6.54 Å². The molecule has 4 heteroatoms. The Labute approximate surface area is 111 Å². The van der Waals surface area contributed by atoms with Crippen LogP contribution in [-0.2, 0) is 4.79 Å². The van der Waals surface area contributed by atoms with Gasteiger partial charge in [-0.05, 0) is 25.2 Å².